The lowest BCUT2D eigenvalue weighted by Gasteiger charge is -2.15. The third-order valence-electron chi connectivity index (χ3n) is 13.7. The number of rotatable bonds is 2. The smallest absolute Gasteiger partial charge is 0.146 e. The van der Waals surface area contributed by atoms with Crippen LogP contribution in [0, 0.1) is 0 Å². The zero-order valence-corrected chi connectivity index (χ0v) is 33.3. The maximum absolute atomic E-state index is 5.22. The van der Waals surface area contributed by atoms with Gasteiger partial charge in [-0.2, -0.15) is 0 Å². The normalized spacial score (nSPS) is 12.5. The predicted molar refractivity (Wildman–Crippen MR) is 261 cm³/mol. The summed E-state index contributed by atoms with van der Waals surface area (Å²) >= 11 is 0. The largest absolute Gasteiger partial charge is 0.354 e. The SMILES string of the molecule is c1ccc2c(c1)nc1c3ccc(-n4c5ccccc5c5ccc6c7ccccc7n(-c7ccc8c(c7)c7ccccc7c7[nH]c9ccccc9c87)c6c54)cc3c3ccccc3n21. The maximum atomic E-state index is 5.22. The van der Waals surface area contributed by atoms with Crippen molar-refractivity contribution >= 4 is 125 Å². The number of nitrogens with zero attached hydrogens (tertiary/aromatic N) is 4. The zero-order chi connectivity index (χ0) is 40.2. The van der Waals surface area contributed by atoms with Crippen molar-refractivity contribution in [2.24, 2.45) is 0 Å². The summed E-state index contributed by atoms with van der Waals surface area (Å²) in [5.74, 6) is 0. The summed E-state index contributed by atoms with van der Waals surface area (Å²) in [4.78, 5) is 9.00. The molecule has 0 unspecified atom stereocenters. The molecule has 0 aliphatic heterocycles. The summed E-state index contributed by atoms with van der Waals surface area (Å²) in [6, 6.07) is 71.3. The first-order valence-electron chi connectivity index (χ1n) is 21.3. The Kier molecular flexibility index (Phi) is 6.10. The number of aromatic nitrogens is 5. The molecule has 0 aliphatic carbocycles. The van der Waals surface area contributed by atoms with Gasteiger partial charge in [0.15, 0.2) is 0 Å². The Morgan fingerprint density at radius 3 is 1.50 bits per heavy atom. The minimum absolute atomic E-state index is 0.977. The van der Waals surface area contributed by atoms with Gasteiger partial charge in [0.1, 0.15) is 5.65 Å². The van der Waals surface area contributed by atoms with Crippen molar-refractivity contribution in [2.45, 2.75) is 0 Å². The van der Waals surface area contributed by atoms with E-state index in [1.54, 1.807) is 0 Å². The number of hydrogen-bond donors (Lipinski definition) is 1. The highest BCUT2D eigenvalue weighted by atomic mass is 15.0. The molecule has 5 aromatic heterocycles. The first-order valence-corrected chi connectivity index (χ1v) is 21.3. The predicted octanol–water partition coefficient (Wildman–Crippen LogP) is 14.9. The average Bonchev–Trinajstić information content (AvgIpc) is 4.10. The van der Waals surface area contributed by atoms with Crippen LogP contribution in [-0.2, 0) is 0 Å². The van der Waals surface area contributed by atoms with Crippen LogP contribution in [0.2, 0.25) is 0 Å². The molecule has 5 nitrogen and oxygen atoms in total. The summed E-state index contributed by atoms with van der Waals surface area (Å²) in [7, 11) is 0. The Balaban J connectivity index is 1.08. The molecule has 0 fully saturated rings. The molecule has 15 aromatic rings. The Morgan fingerprint density at radius 1 is 0.339 bits per heavy atom. The van der Waals surface area contributed by atoms with E-state index in [-0.39, 0.29) is 0 Å². The third-order valence-corrected chi connectivity index (χ3v) is 13.7. The summed E-state index contributed by atoms with van der Waals surface area (Å²) in [5.41, 5.74) is 13.6. The second kappa shape index (κ2) is 11.7. The number of aromatic amines is 1. The van der Waals surface area contributed by atoms with E-state index >= 15 is 0 Å². The molecular weight excluding hydrogens is 755 g/mol. The molecule has 1 N–H and O–H groups in total. The average molecular weight is 788 g/mol. The Morgan fingerprint density at radius 2 is 0.823 bits per heavy atom. The van der Waals surface area contributed by atoms with Crippen molar-refractivity contribution < 1.29 is 0 Å². The number of para-hydroxylation sites is 6. The molecule has 0 aliphatic rings. The lowest BCUT2D eigenvalue weighted by molar-refractivity contribution is 1.15. The van der Waals surface area contributed by atoms with E-state index in [9.17, 15) is 0 Å². The van der Waals surface area contributed by atoms with Crippen molar-refractivity contribution in [3.8, 4) is 11.4 Å². The van der Waals surface area contributed by atoms with Gasteiger partial charge in [-0.25, -0.2) is 4.98 Å². The van der Waals surface area contributed by atoms with Gasteiger partial charge >= 0.3 is 0 Å². The number of pyridine rings is 1. The first-order chi connectivity index (χ1) is 30.8. The number of H-pyrrole nitrogens is 1. The molecule has 0 saturated heterocycles. The van der Waals surface area contributed by atoms with Gasteiger partial charge < -0.3 is 14.1 Å². The van der Waals surface area contributed by atoms with Crippen molar-refractivity contribution in [3.63, 3.8) is 0 Å². The van der Waals surface area contributed by atoms with E-state index in [1.165, 1.54) is 92.2 Å². The summed E-state index contributed by atoms with van der Waals surface area (Å²) < 4.78 is 7.35. The minimum Gasteiger partial charge on any atom is -0.354 e. The molecule has 5 heterocycles. The fraction of sp³-hybridized carbons (Fsp3) is 0. The van der Waals surface area contributed by atoms with E-state index in [1.807, 2.05) is 0 Å². The van der Waals surface area contributed by atoms with Gasteiger partial charge in [-0.15, -0.1) is 0 Å². The molecule has 62 heavy (non-hydrogen) atoms. The molecule has 286 valence electrons. The molecule has 5 heteroatoms. The van der Waals surface area contributed by atoms with Crippen molar-refractivity contribution in [2.75, 3.05) is 0 Å². The lowest BCUT2D eigenvalue weighted by atomic mass is 9.96. The van der Waals surface area contributed by atoms with Crippen molar-refractivity contribution in [1.29, 1.82) is 0 Å². The molecule has 0 atom stereocenters. The molecule has 0 spiro atoms. The van der Waals surface area contributed by atoms with E-state index in [0.717, 1.165) is 44.5 Å². The standard InChI is InChI=1S/C57H33N5/c1-2-17-40-35(13-1)45-31-33(25-27-39(45)53-44-18-3-7-19-47(44)58-54(40)53)60-49-21-9-4-14-36(49)41-29-30-42-37-15-5-10-22-50(37)61(56(42)55(41)60)34-26-28-43-46(32-34)38-16-6-11-23-51(38)62-52-24-12-8-20-48(52)59-57(43)62/h1-32,58H. The van der Waals surface area contributed by atoms with Crippen LogP contribution in [0.1, 0.15) is 0 Å². The van der Waals surface area contributed by atoms with Gasteiger partial charge in [0.2, 0.25) is 0 Å². The van der Waals surface area contributed by atoms with Gasteiger partial charge in [0.05, 0.1) is 44.1 Å². The van der Waals surface area contributed by atoms with Crippen molar-refractivity contribution in [1.82, 2.24) is 23.5 Å². The number of nitrogens with one attached hydrogen (secondary N) is 1. The summed E-state index contributed by atoms with van der Waals surface area (Å²) in [6.45, 7) is 0. The Hall–Kier alpha value is -8.41. The van der Waals surface area contributed by atoms with Gasteiger partial charge in [-0.05, 0) is 88.3 Å². The highest BCUT2D eigenvalue weighted by Crippen LogP contribution is 2.45. The lowest BCUT2D eigenvalue weighted by Crippen LogP contribution is -1.99. The zero-order valence-electron chi connectivity index (χ0n) is 33.3. The topological polar surface area (TPSA) is 43.0 Å². The third kappa shape index (κ3) is 4.05. The first kappa shape index (κ1) is 32.4. The summed E-state index contributed by atoms with van der Waals surface area (Å²) in [5, 5.41) is 15.9. The fourth-order valence-electron chi connectivity index (χ4n) is 11.1. The molecule has 0 bridgehead atoms. The van der Waals surface area contributed by atoms with Crippen LogP contribution >= 0.6 is 0 Å². The number of fused-ring (bicyclic) bond motifs is 23. The van der Waals surface area contributed by atoms with Crippen LogP contribution in [0.25, 0.3) is 137 Å². The van der Waals surface area contributed by atoms with Crippen LogP contribution < -0.4 is 0 Å². The Bertz CT molecular complexity index is 4460. The van der Waals surface area contributed by atoms with E-state index in [4.69, 9.17) is 4.98 Å². The number of imidazole rings is 1. The maximum Gasteiger partial charge on any atom is 0.146 e. The highest BCUT2D eigenvalue weighted by Gasteiger charge is 2.23. The van der Waals surface area contributed by atoms with Crippen LogP contribution in [0.5, 0.6) is 0 Å². The van der Waals surface area contributed by atoms with Crippen LogP contribution in [0.4, 0.5) is 0 Å². The van der Waals surface area contributed by atoms with E-state index < -0.39 is 0 Å². The van der Waals surface area contributed by atoms with Gasteiger partial charge in [0.25, 0.3) is 0 Å². The molecular formula is C57H33N5. The molecule has 0 radical (unpaired) electrons. The van der Waals surface area contributed by atoms with Crippen LogP contribution in [0.15, 0.2) is 194 Å². The van der Waals surface area contributed by atoms with Crippen LogP contribution in [0.3, 0.4) is 0 Å². The monoisotopic (exact) mass is 787 g/mol. The van der Waals surface area contributed by atoms with E-state index in [0.29, 0.717) is 0 Å². The quantitative estimate of drug-likeness (QED) is 0.174. The Labute approximate surface area is 352 Å². The molecule has 0 amide bonds. The van der Waals surface area contributed by atoms with Gasteiger partial charge in [0, 0.05) is 65.4 Å². The van der Waals surface area contributed by atoms with Gasteiger partial charge in [-0.1, -0.05) is 127 Å². The highest BCUT2D eigenvalue weighted by molar-refractivity contribution is 6.32. The number of benzene rings is 10. The second-order valence-electron chi connectivity index (χ2n) is 16.8. The number of hydrogen-bond acceptors (Lipinski definition) is 1. The van der Waals surface area contributed by atoms with E-state index in [2.05, 4.69) is 213 Å². The fourth-order valence-corrected chi connectivity index (χ4v) is 11.1. The summed E-state index contributed by atoms with van der Waals surface area (Å²) in [6.07, 6.45) is 0. The van der Waals surface area contributed by atoms with Gasteiger partial charge in [-0.3, -0.25) is 4.40 Å². The second-order valence-corrected chi connectivity index (χ2v) is 16.8. The van der Waals surface area contributed by atoms with Crippen LogP contribution in [-0.4, -0.2) is 23.5 Å². The van der Waals surface area contributed by atoms with Crippen molar-refractivity contribution in [3.05, 3.63) is 194 Å². The molecule has 0 saturated carbocycles. The molecule has 15 rings (SSSR count). The minimum atomic E-state index is 0.977. The molecule has 10 aromatic carbocycles.